The Labute approximate surface area is 87.6 Å². The van der Waals surface area contributed by atoms with Crippen LogP contribution in [0.25, 0.3) is 0 Å². The first kappa shape index (κ1) is 10.7. The predicted molar refractivity (Wildman–Crippen MR) is 57.0 cm³/mol. The van der Waals surface area contributed by atoms with E-state index in [1.54, 1.807) is 0 Å². The lowest BCUT2D eigenvalue weighted by molar-refractivity contribution is 0.550. The van der Waals surface area contributed by atoms with E-state index >= 15 is 0 Å². The van der Waals surface area contributed by atoms with Crippen LogP contribution in [0.2, 0.25) is 0 Å². The van der Waals surface area contributed by atoms with Crippen molar-refractivity contribution in [3.63, 3.8) is 0 Å². The van der Waals surface area contributed by atoms with E-state index in [0.29, 0.717) is 4.83 Å². The molecule has 0 aliphatic rings. The second-order valence-electron chi connectivity index (χ2n) is 3.27. The van der Waals surface area contributed by atoms with Crippen LogP contribution in [0, 0.1) is 0 Å². The molecule has 0 N–H and O–H groups in total. The van der Waals surface area contributed by atoms with Gasteiger partial charge in [0.2, 0.25) is 0 Å². The molecule has 74 valence electrons. The number of rotatable bonds is 5. The van der Waals surface area contributed by atoms with Crippen molar-refractivity contribution in [3.05, 3.63) is 11.9 Å². The molecule has 3 nitrogen and oxygen atoms in total. The summed E-state index contributed by atoms with van der Waals surface area (Å²) < 4.78 is 2.00. The summed E-state index contributed by atoms with van der Waals surface area (Å²) in [5.41, 5.74) is 1.24. The molecule has 0 amide bonds. The van der Waals surface area contributed by atoms with E-state index in [1.807, 2.05) is 10.9 Å². The summed E-state index contributed by atoms with van der Waals surface area (Å²) in [5.74, 6) is 0. The molecule has 0 aromatic carbocycles. The lowest BCUT2D eigenvalue weighted by Gasteiger charge is -2.05. The largest absolute Gasteiger partial charge is 0.249 e. The highest BCUT2D eigenvalue weighted by Gasteiger charge is 2.04. The van der Waals surface area contributed by atoms with E-state index in [0.717, 1.165) is 25.8 Å². The van der Waals surface area contributed by atoms with Crippen molar-refractivity contribution in [1.29, 1.82) is 0 Å². The van der Waals surface area contributed by atoms with Gasteiger partial charge in [-0.15, -0.1) is 5.10 Å². The van der Waals surface area contributed by atoms with Gasteiger partial charge in [-0.25, -0.2) is 4.68 Å². The second kappa shape index (κ2) is 5.37. The third-order valence-corrected chi connectivity index (χ3v) is 2.39. The molecule has 13 heavy (non-hydrogen) atoms. The van der Waals surface area contributed by atoms with E-state index < -0.39 is 0 Å². The molecule has 1 aromatic rings. The van der Waals surface area contributed by atoms with Crippen LogP contribution in [0.3, 0.4) is 0 Å². The molecule has 0 aliphatic carbocycles. The van der Waals surface area contributed by atoms with E-state index in [1.165, 1.54) is 5.69 Å². The highest BCUT2D eigenvalue weighted by atomic mass is 79.9. The van der Waals surface area contributed by atoms with Crippen molar-refractivity contribution in [3.8, 4) is 0 Å². The zero-order valence-electron chi connectivity index (χ0n) is 8.20. The van der Waals surface area contributed by atoms with E-state index in [4.69, 9.17) is 0 Å². The maximum atomic E-state index is 4.04. The molecule has 1 atom stereocenters. The number of hydrogen-bond donors (Lipinski definition) is 0. The van der Waals surface area contributed by atoms with Gasteiger partial charge in [-0.3, -0.25) is 0 Å². The zero-order valence-corrected chi connectivity index (χ0v) is 9.79. The van der Waals surface area contributed by atoms with Crippen molar-refractivity contribution in [2.75, 3.05) is 0 Å². The normalized spacial score (nSPS) is 13.2. The van der Waals surface area contributed by atoms with Gasteiger partial charge in [-0.05, 0) is 19.3 Å². The van der Waals surface area contributed by atoms with Gasteiger partial charge in [0.05, 0.1) is 11.9 Å². The van der Waals surface area contributed by atoms with Crippen molar-refractivity contribution < 1.29 is 0 Å². The van der Waals surface area contributed by atoms with Gasteiger partial charge >= 0.3 is 0 Å². The lowest BCUT2D eigenvalue weighted by atomic mass is 10.2. The summed E-state index contributed by atoms with van der Waals surface area (Å²) in [6.07, 6.45) is 5.17. The zero-order chi connectivity index (χ0) is 9.68. The van der Waals surface area contributed by atoms with Crippen LogP contribution in [0.4, 0.5) is 0 Å². The highest BCUT2D eigenvalue weighted by Crippen LogP contribution is 2.09. The van der Waals surface area contributed by atoms with Crippen LogP contribution in [0.15, 0.2) is 6.20 Å². The first-order valence-corrected chi connectivity index (χ1v) is 5.67. The minimum Gasteiger partial charge on any atom is -0.249 e. The average molecular weight is 246 g/mol. The Morgan fingerprint density at radius 1 is 1.62 bits per heavy atom. The number of hydrogen-bond acceptors (Lipinski definition) is 2. The summed E-state index contributed by atoms with van der Waals surface area (Å²) in [4.78, 5) is 0.567. The quantitative estimate of drug-likeness (QED) is 0.747. The van der Waals surface area contributed by atoms with Crippen LogP contribution >= 0.6 is 15.9 Å². The van der Waals surface area contributed by atoms with Crippen molar-refractivity contribution in [2.45, 2.75) is 44.5 Å². The van der Waals surface area contributed by atoms with Gasteiger partial charge < -0.3 is 0 Å². The van der Waals surface area contributed by atoms with Gasteiger partial charge in [0.25, 0.3) is 0 Å². The number of aryl methyl sites for hydroxylation is 2. The van der Waals surface area contributed by atoms with Gasteiger partial charge in [-0.2, -0.15) is 0 Å². The minimum absolute atomic E-state index is 0.567. The first-order chi connectivity index (χ1) is 6.24. The molecule has 1 rings (SSSR count). The van der Waals surface area contributed by atoms with E-state index in [2.05, 4.69) is 40.1 Å². The van der Waals surface area contributed by atoms with Crippen molar-refractivity contribution in [1.82, 2.24) is 15.0 Å². The first-order valence-electron chi connectivity index (χ1n) is 4.75. The standard InChI is InChI=1S/C9H16BrN3/c1-3-6-13-9(7-11-12-13)5-4-8(2)10/h7-8H,3-6H2,1-2H3. The third-order valence-electron chi connectivity index (χ3n) is 1.93. The van der Waals surface area contributed by atoms with Gasteiger partial charge in [0.1, 0.15) is 0 Å². The topological polar surface area (TPSA) is 30.7 Å². The van der Waals surface area contributed by atoms with Gasteiger partial charge in [-0.1, -0.05) is 35.0 Å². The molecule has 1 heterocycles. The molecule has 0 saturated heterocycles. The molecular formula is C9H16BrN3. The van der Waals surface area contributed by atoms with E-state index in [-0.39, 0.29) is 0 Å². The highest BCUT2D eigenvalue weighted by molar-refractivity contribution is 9.09. The molecule has 0 spiro atoms. The Morgan fingerprint density at radius 3 is 3.00 bits per heavy atom. The molecule has 4 heteroatoms. The van der Waals surface area contributed by atoms with Crippen LogP contribution in [-0.4, -0.2) is 19.8 Å². The fraction of sp³-hybridized carbons (Fsp3) is 0.778. The van der Waals surface area contributed by atoms with Crippen molar-refractivity contribution in [2.24, 2.45) is 0 Å². The Balaban J connectivity index is 2.49. The fourth-order valence-corrected chi connectivity index (χ4v) is 1.45. The fourth-order valence-electron chi connectivity index (χ4n) is 1.22. The summed E-state index contributed by atoms with van der Waals surface area (Å²) in [7, 11) is 0. The maximum Gasteiger partial charge on any atom is 0.0725 e. The minimum atomic E-state index is 0.567. The SMILES string of the molecule is CCCn1nncc1CCC(C)Br. The number of alkyl halides is 1. The Morgan fingerprint density at radius 2 is 2.38 bits per heavy atom. The number of halogens is 1. The molecule has 1 aromatic heterocycles. The lowest BCUT2D eigenvalue weighted by Crippen LogP contribution is -2.06. The Hall–Kier alpha value is -0.380. The van der Waals surface area contributed by atoms with Crippen LogP contribution in [0.5, 0.6) is 0 Å². The number of nitrogens with zero attached hydrogens (tertiary/aromatic N) is 3. The Kier molecular flexibility index (Phi) is 4.42. The summed E-state index contributed by atoms with van der Waals surface area (Å²) in [6, 6.07) is 0. The van der Waals surface area contributed by atoms with Crippen molar-refractivity contribution >= 4 is 15.9 Å². The third kappa shape index (κ3) is 3.46. The van der Waals surface area contributed by atoms with Crippen LogP contribution < -0.4 is 0 Å². The predicted octanol–water partition coefficient (Wildman–Crippen LogP) is 2.40. The molecule has 0 radical (unpaired) electrons. The van der Waals surface area contributed by atoms with Crippen LogP contribution in [0.1, 0.15) is 32.4 Å². The van der Waals surface area contributed by atoms with Gasteiger partial charge in [0, 0.05) is 11.4 Å². The Bertz CT molecular complexity index is 245. The number of aromatic nitrogens is 3. The molecule has 0 fully saturated rings. The van der Waals surface area contributed by atoms with Gasteiger partial charge in [0.15, 0.2) is 0 Å². The molecule has 0 saturated carbocycles. The van der Waals surface area contributed by atoms with E-state index in [9.17, 15) is 0 Å². The average Bonchev–Trinajstić information content (AvgIpc) is 2.49. The second-order valence-corrected chi connectivity index (χ2v) is 4.83. The summed E-state index contributed by atoms with van der Waals surface area (Å²) >= 11 is 3.53. The smallest absolute Gasteiger partial charge is 0.0725 e. The van der Waals surface area contributed by atoms with Crippen LogP contribution in [-0.2, 0) is 13.0 Å². The monoisotopic (exact) mass is 245 g/mol. The molecular weight excluding hydrogens is 230 g/mol. The molecule has 0 bridgehead atoms. The molecule has 1 unspecified atom stereocenters. The maximum absolute atomic E-state index is 4.04. The molecule has 0 aliphatic heterocycles. The summed E-state index contributed by atoms with van der Waals surface area (Å²) in [5, 5.41) is 7.95. The summed E-state index contributed by atoms with van der Waals surface area (Å²) in [6.45, 7) is 5.29.